The maximum absolute atomic E-state index is 5.37. The number of hydrogen-bond acceptors (Lipinski definition) is 4. The summed E-state index contributed by atoms with van der Waals surface area (Å²) in [6.45, 7) is 0. The molecule has 0 saturated heterocycles. The minimum absolute atomic E-state index is 0.731. The Morgan fingerprint density at radius 2 is 1.04 bits per heavy atom. The van der Waals surface area contributed by atoms with Crippen molar-refractivity contribution >= 4 is 64.1 Å². The third kappa shape index (κ3) is 4.68. The second-order valence-electron chi connectivity index (χ2n) is 12.4. The van der Waals surface area contributed by atoms with Gasteiger partial charge in [0.2, 0.25) is 0 Å². The van der Waals surface area contributed by atoms with Crippen molar-refractivity contribution in [2.75, 3.05) is 0 Å². The molecular weight excluding hydrogens is 615 g/mol. The molecule has 0 radical (unpaired) electrons. The van der Waals surface area contributed by atoms with Gasteiger partial charge in [0.15, 0.2) is 5.82 Å². The van der Waals surface area contributed by atoms with Crippen LogP contribution in [0.2, 0.25) is 0 Å². The molecule has 228 valence electrons. The maximum Gasteiger partial charge on any atom is 0.160 e. The predicted molar refractivity (Wildman–Crippen MR) is 207 cm³/mol. The summed E-state index contributed by atoms with van der Waals surface area (Å²) in [5, 5.41) is 7.25. The average molecular weight is 642 g/mol. The van der Waals surface area contributed by atoms with Gasteiger partial charge in [0, 0.05) is 42.9 Å². The molecule has 3 nitrogen and oxygen atoms in total. The molecule has 0 bridgehead atoms. The Morgan fingerprint density at radius 1 is 0.367 bits per heavy atom. The first-order valence-electron chi connectivity index (χ1n) is 16.4. The number of nitrogens with zero attached hydrogens (tertiary/aromatic N) is 3. The van der Waals surface area contributed by atoms with Crippen LogP contribution >= 0.6 is 11.3 Å². The number of aromatic nitrogens is 3. The minimum atomic E-state index is 0.731. The van der Waals surface area contributed by atoms with E-state index in [1.807, 2.05) is 41.7 Å². The van der Waals surface area contributed by atoms with Crippen molar-refractivity contribution < 1.29 is 0 Å². The van der Waals surface area contributed by atoms with Crippen LogP contribution in [0.5, 0.6) is 0 Å². The van der Waals surface area contributed by atoms with E-state index < -0.39 is 0 Å². The molecule has 0 unspecified atom stereocenters. The van der Waals surface area contributed by atoms with Crippen LogP contribution in [0, 0.1) is 0 Å². The molecule has 0 fully saturated rings. The van der Waals surface area contributed by atoms with E-state index in [4.69, 9.17) is 15.0 Å². The van der Waals surface area contributed by atoms with Gasteiger partial charge in [0.1, 0.15) is 0 Å². The van der Waals surface area contributed by atoms with Crippen LogP contribution in [-0.2, 0) is 0 Å². The number of para-hydroxylation sites is 1. The highest BCUT2D eigenvalue weighted by Gasteiger charge is 2.17. The Labute approximate surface area is 286 Å². The van der Waals surface area contributed by atoms with E-state index in [0.717, 1.165) is 61.4 Å². The van der Waals surface area contributed by atoms with Crippen LogP contribution in [0.25, 0.3) is 97.8 Å². The summed E-state index contributed by atoms with van der Waals surface area (Å²) in [6, 6.07) is 57.8. The van der Waals surface area contributed by atoms with Gasteiger partial charge in [-0.3, -0.25) is 0 Å². The van der Waals surface area contributed by atoms with E-state index in [1.165, 1.54) is 36.3 Å². The molecular formula is C45H27N3S. The topological polar surface area (TPSA) is 38.7 Å². The summed E-state index contributed by atoms with van der Waals surface area (Å²) in [5.74, 6) is 0.731. The number of benzene rings is 7. The second kappa shape index (κ2) is 11.2. The van der Waals surface area contributed by atoms with Gasteiger partial charge < -0.3 is 0 Å². The second-order valence-corrected chi connectivity index (χ2v) is 13.5. The summed E-state index contributed by atoms with van der Waals surface area (Å²) in [4.78, 5) is 15.3. The van der Waals surface area contributed by atoms with Gasteiger partial charge in [-0.15, -0.1) is 11.3 Å². The van der Waals surface area contributed by atoms with Crippen LogP contribution in [0.1, 0.15) is 0 Å². The third-order valence-electron chi connectivity index (χ3n) is 9.44. The maximum atomic E-state index is 5.37. The first-order chi connectivity index (χ1) is 24.3. The molecule has 3 heterocycles. The SMILES string of the molecule is c1ccc(-c2nc(-c3ccc(-c4cccc(-c5nc6cc7ccccc7cc6c6c5sc5ccccc56)c4)cc3)c3ccccc3n2)cc1. The van der Waals surface area contributed by atoms with E-state index in [-0.39, 0.29) is 0 Å². The van der Waals surface area contributed by atoms with E-state index in [1.54, 1.807) is 0 Å². The van der Waals surface area contributed by atoms with Gasteiger partial charge in [0.25, 0.3) is 0 Å². The highest BCUT2D eigenvalue weighted by atomic mass is 32.1. The fraction of sp³-hybridized carbons (Fsp3) is 0. The number of rotatable bonds is 4. The van der Waals surface area contributed by atoms with E-state index in [9.17, 15) is 0 Å². The highest BCUT2D eigenvalue weighted by Crippen LogP contribution is 2.44. The Bertz CT molecular complexity index is 2870. The van der Waals surface area contributed by atoms with E-state index in [2.05, 4.69) is 133 Å². The van der Waals surface area contributed by atoms with Crippen molar-refractivity contribution in [3.8, 4) is 45.0 Å². The molecule has 0 spiro atoms. The summed E-state index contributed by atoms with van der Waals surface area (Å²) < 4.78 is 2.50. The molecule has 0 aliphatic carbocycles. The monoisotopic (exact) mass is 641 g/mol. The van der Waals surface area contributed by atoms with E-state index in [0.29, 0.717) is 0 Å². The van der Waals surface area contributed by atoms with Crippen molar-refractivity contribution in [3.05, 3.63) is 164 Å². The number of pyridine rings is 1. The Balaban J connectivity index is 1.10. The molecule has 0 aliphatic heterocycles. The quantitative estimate of drug-likeness (QED) is 0.180. The lowest BCUT2D eigenvalue weighted by Gasteiger charge is -2.11. The van der Waals surface area contributed by atoms with Crippen LogP contribution in [0.4, 0.5) is 0 Å². The van der Waals surface area contributed by atoms with Crippen molar-refractivity contribution in [2.24, 2.45) is 0 Å². The lowest BCUT2D eigenvalue weighted by atomic mass is 9.97. The molecule has 0 amide bonds. The van der Waals surface area contributed by atoms with Gasteiger partial charge >= 0.3 is 0 Å². The fourth-order valence-electron chi connectivity index (χ4n) is 7.05. The van der Waals surface area contributed by atoms with E-state index >= 15 is 0 Å². The molecule has 0 saturated carbocycles. The third-order valence-corrected chi connectivity index (χ3v) is 10.6. The largest absolute Gasteiger partial charge is 0.246 e. The van der Waals surface area contributed by atoms with Crippen molar-refractivity contribution in [1.29, 1.82) is 0 Å². The van der Waals surface area contributed by atoms with Gasteiger partial charge in [0.05, 0.1) is 27.1 Å². The Morgan fingerprint density at radius 3 is 1.90 bits per heavy atom. The van der Waals surface area contributed by atoms with Crippen molar-refractivity contribution in [1.82, 2.24) is 15.0 Å². The number of fused-ring (bicyclic) bond motifs is 7. The predicted octanol–water partition coefficient (Wildman–Crippen LogP) is 12.4. The molecule has 0 N–H and O–H groups in total. The van der Waals surface area contributed by atoms with Crippen molar-refractivity contribution in [2.45, 2.75) is 0 Å². The van der Waals surface area contributed by atoms with Gasteiger partial charge in [-0.25, -0.2) is 15.0 Å². The zero-order valence-electron chi connectivity index (χ0n) is 26.3. The first-order valence-corrected chi connectivity index (χ1v) is 17.3. The highest BCUT2D eigenvalue weighted by molar-refractivity contribution is 7.26. The molecule has 3 aromatic heterocycles. The van der Waals surface area contributed by atoms with Gasteiger partial charge in [-0.1, -0.05) is 133 Å². The smallest absolute Gasteiger partial charge is 0.160 e. The Hall–Kier alpha value is -6.23. The molecule has 0 aliphatic rings. The molecule has 10 rings (SSSR count). The molecule has 4 heteroatoms. The molecule has 49 heavy (non-hydrogen) atoms. The summed E-state index contributed by atoms with van der Waals surface area (Å²) in [7, 11) is 0. The van der Waals surface area contributed by atoms with Gasteiger partial charge in [-0.2, -0.15) is 0 Å². The standard InChI is InChI=1S/C45H27N3S/c1-2-11-30(12-3-1)45-47-38-19-8-6-17-35(38)42(48-45)29-23-21-28(22-24-29)31-15-10-16-34(25-31)43-44-41(36-18-7-9-20-40(36)49-44)37-26-32-13-4-5-14-33(32)27-39(37)46-43/h1-27H. The molecule has 0 atom stereocenters. The summed E-state index contributed by atoms with van der Waals surface area (Å²) >= 11 is 1.83. The van der Waals surface area contributed by atoms with Crippen LogP contribution < -0.4 is 0 Å². The average Bonchev–Trinajstić information content (AvgIpc) is 3.57. The zero-order chi connectivity index (χ0) is 32.3. The minimum Gasteiger partial charge on any atom is -0.246 e. The molecule has 10 aromatic rings. The van der Waals surface area contributed by atoms with Crippen molar-refractivity contribution in [3.63, 3.8) is 0 Å². The normalized spacial score (nSPS) is 11.7. The number of hydrogen-bond donors (Lipinski definition) is 0. The fourth-order valence-corrected chi connectivity index (χ4v) is 8.28. The van der Waals surface area contributed by atoms with Crippen LogP contribution in [0.3, 0.4) is 0 Å². The van der Waals surface area contributed by atoms with Gasteiger partial charge in [-0.05, 0) is 52.2 Å². The lowest BCUT2D eigenvalue weighted by Crippen LogP contribution is -1.95. The zero-order valence-corrected chi connectivity index (χ0v) is 27.2. The first kappa shape index (κ1) is 27.8. The molecule has 7 aromatic carbocycles. The van der Waals surface area contributed by atoms with Crippen LogP contribution in [0.15, 0.2) is 164 Å². The summed E-state index contributed by atoms with van der Waals surface area (Å²) in [5.41, 5.74) is 9.39. The Kier molecular flexibility index (Phi) is 6.36. The summed E-state index contributed by atoms with van der Waals surface area (Å²) in [6.07, 6.45) is 0. The lowest BCUT2D eigenvalue weighted by molar-refractivity contribution is 1.23. The number of thiophene rings is 1. The van der Waals surface area contributed by atoms with Crippen LogP contribution in [-0.4, -0.2) is 15.0 Å².